The quantitative estimate of drug-likeness (QED) is 0.619. The van der Waals surface area contributed by atoms with Crippen molar-refractivity contribution in [3.8, 4) is 0 Å². The third-order valence-corrected chi connectivity index (χ3v) is 5.14. The smallest absolute Gasteiger partial charge is 0.337 e. The van der Waals surface area contributed by atoms with Crippen molar-refractivity contribution in [2.75, 3.05) is 14.2 Å². The Morgan fingerprint density at radius 2 is 1.17 bits per heavy atom. The van der Waals surface area contributed by atoms with Gasteiger partial charge in [0.2, 0.25) is 0 Å². The van der Waals surface area contributed by atoms with Gasteiger partial charge in [0, 0.05) is 8.95 Å². The van der Waals surface area contributed by atoms with Crippen LogP contribution in [0.1, 0.15) is 31.8 Å². The summed E-state index contributed by atoms with van der Waals surface area (Å²) in [5, 5.41) is 0. The predicted molar refractivity (Wildman–Crippen MR) is 98.4 cm³/mol. The van der Waals surface area contributed by atoms with Crippen LogP contribution in [-0.4, -0.2) is 26.2 Å². The topological polar surface area (TPSA) is 52.6 Å². The molecule has 126 valence electrons. The summed E-state index contributed by atoms with van der Waals surface area (Å²) in [6, 6.07) is 10.7. The molecule has 0 saturated carbocycles. The van der Waals surface area contributed by atoms with Gasteiger partial charge in [-0.05, 0) is 60.4 Å². The summed E-state index contributed by atoms with van der Waals surface area (Å²) in [5.41, 5.74) is 3.01. The molecule has 4 nitrogen and oxygen atoms in total. The standard InChI is InChI=1S/C18H16Br2O4/c1-23-17(21)13-5-7-15(19)11(9-13)3-4-12-10-14(18(22)24-2)6-8-16(12)20/h5-10H,3-4H2,1-2H3. The second-order valence-corrected chi connectivity index (χ2v) is 6.80. The maximum atomic E-state index is 11.7. The SMILES string of the molecule is COC(=O)c1ccc(Br)c(CCc2cc(C(=O)OC)ccc2Br)c1. The number of aryl methyl sites for hydroxylation is 2. The van der Waals surface area contributed by atoms with Crippen LogP contribution >= 0.6 is 31.9 Å². The van der Waals surface area contributed by atoms with Gasteiger partial charge in [-0.1, -0.05) is 31.9 Å². The Morgan fingerprint density at radius 3 is 1.50 bits per heavy atom. The first-order chi connectivity index (χ1) is 11.5. The van der Waals surface area contributed by atoms with E-state index in [1.165, 1.54) is 14.2 Å². The number of ether oxygens (including phenoxy) is 2. The summed E-state index contributed by atoms with van der Waals surface area (Å²) in [4.78, 5) is 23.3. The normalized spacial score (nSPS) is 10.3. The molecule has 6 heteroatoms. The van der Waals surface area contributed by atoms with E-state index in [1.807, 2.05) is 24.3 Å². The minimum Gasteiger partial charge on any atom is -0.465 e. The van der Waals surface area contributed by atoms with Crippen molar-refractivity contribution >= 4 is 43.8 Å². The Kier molecular flexibility index (Phi) is 6.57. The molecule has 0 unspecified atom stereocenters. The van der Waals surface area contributed by atoms with Crippen molar-refractivity contribution in [3.63, 3.8) is 0 Å². The molecule has 0 aliphatic heterocycles. The van der Waals surface area contributed by atoms with Crippen LogP contribution < -0.4 is 0 Å². The number of hydrogen-bond acceptors (Lipinski definition) is 4. The molecule has 2 aromatic rings. The van der Waals surface area contributed by atoms with E-state index < -0.39 is 0 Å². The summed E-state index contributed by atoms with van der Waals surface area (Å²) >= 11 is 7.01. The molecule has 0 radical (unpaired) electrons. The lowest BCUT2D eigenvalue weighted by molar-refractivity contribution is 0.0591. The lowest BCUT2D eigenvalue weighted by atomic mass is 10.0. The van der Waals surface area contributed by atoms with E-state index in [-0.39, 0.29) is 11.9 Å². The molecule has 2 aromatic carbocycles. The van der Waals surface area contributed by atoms with Crippen molar-refractivity contribution < 1.29 is 19.1 Å². The molecule has 0 atom stereocenters. The maximum absolute atomic E-state index is 11.7. The summed E-state index contributed by atoms with van der Waals surface area (Å²) in [6.07, 6.45) is 1.41. The highest BCUT2D eigenvalue weighted by Gasteiger charge is 2.12. The van der Waals surface area contributed by atoms with Crippen LogP contribution in [0.5, 0.6) is 0 Å². The fourth-order valence-corrected chi connectivity index (χ4v) is 3.18. The third-order valence-electron chi connectivity index (χ3n) is 3.60. The van der Waals surface area contributed by atoms with Gasteiger partial charge in [-0.2, -0.15) is 0 Å². The summed E-state index contributed by atoms with van der Waals surface area (Å²) in [6.45, 7) is 0. The maximum Gasteiger partial charge on any atom is 0.337 e. The number of halogens is 2. The molecular formula is C18H16Br2O4. The lowest BCUT2D eigenvalue weighted by Crippen LogP contribution is -2.04. The Hall–Kier alpha value is -1.66. The number of rotatable bonds is 5. The van der Waals surface area contributed by atoms with Gasteiger partial charge in [-0.3, -0.25) is 0 Å². The Balaban J connectivity index is 2.22. The van der Waals surface area contributed by atoms with Crippen LogP contribution in [0.25, 0.3) is 0 Å². The zero-order valence-electron chi connectivity index (χ0n) is 13.3. The van der Waals surface area contributed by atoms with Gasteiger partial charge >= 0.3 is 11.9 Å². The number of benzene rings is 2. The van der Waals surface area contributed by atoms with Crippen LogP contribution in [0.2, 0.25) is 0 Å². The van der Waals surface area contributed by atoms with Gasteiger partial charge in [0.05, 0.1) is 25.3 Å². The predicted octanol–water partition coefficient (Wildman–Crippen LogP) is 4.57. The Labute approximate surface area is 157 Å². The van der Waals surface area contributed by atoms with E-state index in [9.17, 15) is 9.59 Å². The zero-order valence-corrected chi connectivity index (χ0v) is 16.4. The highest BCUT2D eigenvalue weighted by Crippen LogP contribution is 2.24. The van der Waals surface area contributed by atoms with Crippen LogP contribution in [0.15, 0.2) is 45.3 Å². The molecule has 0 bridgehead atoms. The van der Waals surface area contributed by atoms with Crippen molar-refractivity contribution in [1.82, 2.24) is 0 Å². The highest BCUT2D eigenvalue weighted by atomic mass is 79.9. The van der Waals surface area contributed by atoms with Crippen LogP contribution in [-0.2, 0) is 22.3 Å². The average Bonchev–Trinajstić information content (AvgIpc) is 2.60. The fourth-order valence-electron chi connectivity index (χ4n) is 2.29. The first kappa shape index (κ1) is 18.7. The second-order valence-electron chi connectivity index (χ2n) is 5.10. The van der Waals surface area contributed by atoms with E-state index in [0.717, 1.165) is 20.1 Å². The summed E-state index contributed by atoms with van der Waals surface area (Å²) in [7, 11) is 2.72. The fraction of sp³-hybridized carbons (Fsp3) is 0.222. The van der Waals surface area contributed by atoms with Crippen LogP contribution in [0.4, 0.5) is 0 Å². The van der Waals surface area contributed by atoms with Gasteiger partial charge in [-0.25, -0.2) is 9.59 Å². The number of methoxy groups -OCH3 is 2. The highest BCUT2D eigenvalue weighted by molar-refractivity contribution is 9.10. The first-order valence-corrected chi connectivity index (χ1v) is 8.78. The Morgan fingerprint density at radius 1 is 0.792 bits per heavy atom. The first-order valence-electron chi connectivity index (χ1n) is 7.19. The Bertz CT molecular complexity index is 706. The molecule has 0 fully saturated rings. The lowest BCUT2D eigenvalue weighted by Gasteiger charge is -2.10. The number of esters is 2. The molecule has 0 aliphatic carbocycles. The second kappa shape index (κ2) is 8.44. The molecule has 0 heterocycles. The van der Waals surface area contributed by atoms with E-state index in [2.05, 4.69) is 31.9 Å². The largest absolute Gasteiger partial charge is 0.465 e. The van der Waals surface area contributed by atoms with E-state index in [4.69, 9.17) is 9.47 Å². The van der Waals surface area contributed by atoms with Crippen molar-refractivity contribution in [1.29, 1.82) is 0 Å². The van der Waals surface area contributed by atoms with Crippen LogP contribution in [0.3, 0.4) is 0 Å². The molecule has 0 aromatic heterocycles. The van der Waals surface area contributed by atoms with Crippen LogP contribution in [0, 0.1) is 0 Å². The molecule has 0 saturated heterocycles. The van der Waals surface area contributed by atoms with Crippen molar-refractivity contribution in [2.45, 2.75) is 12.8 Å². The average molecular weight is 456 g/mol. The van der Waals surface area contributed by atoms with E-state index in [0.29, 0.717) is 24.0 Å². The number of carbonyl (C=O) groups excluding carboxylic acids is 2. The number of hydrogen-bond donors (Lipinski definition) is 0. The van der Waals surface area contributed by atoms with Crippen molar-refractivity contribution in [2.24, 2.45) is 0 Å². The van der Waals surface area contributed by atoms with Gasteiger partial charge in [-0.15, -0.1) is 0 Å². The molecule has 0 spiro atoms. The summed E-state index contributed by atoms with van der Waals surface area (Å²) in [5.74, 6) is -0.727. The molecule has 2 rings (SSSR count). The zero-order chi connectivity index (χ0) is 17.7. The van der Waals surface area contributed by atoms with Gasteiger partial charge < -0.3 is 9.47 Å². The summed E-state index contributed by atoms with van der Waals surface area (Å²) < 4.78 is 11.4. The molecule has 24 heavy (non-hydrogen) atoms. The molecule has 0 amide bonds. The van der Waals surface area contributed by atoms with Gasteiger partial charge in [0.15, 0.2) is 0 Å². The number of carbonyl (C=O) groups is 2. The molecule has 0 N–H and O–H groups in total. The molecular weight excluding hydrogens is 440 g/mol. The van der Waals surface area contributed by atoms with Crippen molar-refractivity contribution in [3.05, 3.63) is 67.6 Å². The third kappa shape index (κ3) is 4.45. The monoisotopic (exact) mass is 454 g/mol. The minimum absolute atomic E-state index is 0.363. The van der Waals surface area contributed by atoms with E-state index >= 15 is 0 Å². The van der Waals surface area contributed by atoms with E-state index in [1.54, 1.807) is 12.1 Å². The minimum atomic E-state index is -0.363. The molecule has 0 aliphatic rings. The van der Waals surface area contributed by atoms with Gasteiger partial charge in [0.25, 0.3) is 0 Å². The van der Waals surface area contributed by atoms with Gasteiger partial charge in [0.1, 0.15) is 0 Å².